The van der Waals surface area contributed by atoms with Gasteiger partial charge in [-0.05, 0) is 53.9 Å². The summed E-state index contributed by atoms with van der Waals surface area (Å²) in [6.45, 7) is 4.10. The Labute approximate surface area is 132 Å². The molecule has 2 aromatic heterocycles. The van der Waals surface area contributed by atoms with Crippen LogP contribution in [-0.4, -0.2) is 29.1 Å². The molecule has 3 rings (SSSR count). The largest absolute Gasteiger partial charge is 0.453 e. The van der Waals surface area contributed by atoms with Crippen LogP contribution in [0.15, 0.2) is 39.7 Å². The molecule has 1 unspecified atom stereocenters. The van der Waals surface area contributed by atoms with Gasteiger partial charge in [-0.15, -0.1) is 0 Å². The van der Waals surface area contributed by atoms with Crippen LogP contribution in [0.3, 0.4) is 0 Å². The van der Waals surface area contributed by atoms with Crippen molar-refractivity contribution in [3.8, 4) is 0 Å². The highest BCUT2D eigenvalue weighted by atomic mass is 79.9. The monoisotopic (exact) mass is 350 g/mol. The number of piperidine rings is 1. The molecular weight excluding hydrogens is 332 g/mol. The summed E-state index contributed by atoms with van der Waals surface area (Å²) in [5, 5.41) is 3.64. The van der Waals surface area contributed by atoms with E-state index in [0.717, 1.165) is 42.3 Å². The fourth-order valence-electron chi connectivity index (χ4n) is 2.70. The molecule has 3 heterocycles. The topological polar surface area (TPSA) is 54.2 Å². The second-order valence-electron chi connectivity index (χ2n) is 5.34. The molecule has 2 aromatic rings. The zero-order valence-corrected chi connectivity index (χ0v) is 13.6. The standard InChI is InChI=1S/C15H19BrN4O/c1-11(13-3-4-14(16)21-13)19-12-5-9-20(10-6-12)15-17-7-2-8-18-15/h2-4,7-8,11-12,19H,5-6,9-10H2,1H3. The first kappa shape index (κ1) is 14.5. The number of aromatic nitrogens is 2. The van der Waals surface area contributed by atoms with Gasteiger partial charge in [0.2, 0.25) is 5.95 Å². The number of hydrogen-bond donors (Lipinski definition) is 1. The van der Waals surface area contributed by atoms with Gasteiger partial charge < -0.3 is 14.6 Å². The minimum atomic E-state index is 0.223. The highest BCUT2D eigenvalue weighted by molar-refractivity contribution is 9.10. The molecule has 21 heavy (non-hydrogen) atoms. The average molecular weight is 351 g/mol. The van der Waals surface area contributed by atoms with Crippen molar-refractivity contribution in [1.29, 1.82) is 0 Å². The summed E-state index contributed by atoms with van der Waals surface area (Å²) in [5.74, 6) is 1.80. The molecule has 0 spiro atoms. The molecule has 1 aliphatic rings. The Balaban J connectivity index is 1.52. The molecule has 0 radical (unpaired) electrons. The summed E-state index contributed by atoms with van der Waals surface area (Å²) in [6, 6.07) is 6.52. The molecule has 5 nitrogen and oxygen atoms in total. The second kappa shape index (κ2) is 6.58. The predicted molar refractivity (Wildman–Crippen MR) is 85.2 cm³/mol. The number of anilines is 1. The van der Waals surface area contributed by atoms with Gasteiger partial charge in [-0.2, -0.15) is 0 Å². The van der Waals surface area contributed by atoms with Gasteiger partial charge in [-0.25, -0.2) is 9.97 Å². The number of nitrogens with one attached hydrogen (secondary N) is 1. The van der Waals surface area contributed by atoms with Gasteiger partial charge in [-0.3, -0.25) is 0 Å². The first-order chi connectivity index (χ1) is 10.2. The molecule has 1 aliphatic heterocycles. The third-order valence-electron chi connectivity index (χ3n) is 3.84. The van der Waals surface area contributed by atoms with Crippen molar-refractivity contribution >= 4 is 21.9 Å². The number of halogens is 1. The van der Waals surface area contributed by atoms with E-state index in [4.69, 9.17) is 4.42 Å². The molecule has 6 heteroatoms. The quantitative estimate of drug-likeness (QED) is 0.917. The van der Waals surface area contributed by atoms with E-state index in [1.807, 2.05) is 18.2 Å². The van der Waals surface area contributed by atoms with E-state index in [0.29, 0.717) is 6.04 Å². The van der Waals surface area contributed by atoms with Crippen molar-refractivity contribution in [3.63, 3.8) is 0 Å². The lowest BCUT2D eigenvalue weighted by molar-refractivity contribution is 0.342. The van der Waals surface area contributed by atoms with E-state index in [9.17, 15) is 0 Å². The summed E-state index contributed by atoms with van der Waals surface area (Å²) < 4.78 is 6.38. The Bertz CT molecular complexity index is 566. The number of rotatable bonds is 4. The third kappa shape index (κ3) is 3.63. The highest BCUT2D eigenvalue weighted by Gasteiger charge is 2.23. The van der Waals surface area contributed by atoms with Crippen LogP contribution < -0.4 is 10.2 Å². The molecule has 0 aliphatic carbocycles. The van der Waals surface area contributed by atoms with E-state index in [1.54, 1.807) is 12.4 Å². The minimum Gasteiger partial charge on any atom is -0.453 e. The average Bonchev–Trinajstić information content (AvgIpc) is 2.96. The minimum absolute atomic E-state index is 0.223. The van der Waals surface area contributed by atoms with E-state index >= 15 is 0 Å². The van der Waals surface area contributed by atoms with Crippen LogP contribution in [0.25, 0.3) is 0 Å². The first-order valence-electron chi connectivity index (χ1n) is 7.25. The number of hydrogen-bond acceptors (Lipinski definition) is 5. The lowest BCUT2D eigenvalue weighted by Crippen LogP contribution is -2.43. The summed E-state index contributed by atoms with van der Waals surface area (Å²) >= 11 is 3.34. The Morgan fingerprint density at radius 2 is 2.00 bits per heavy atom. The van der Waals surface area contributed by atoms with Crippen molar-refractivity contribution in [2.45, 2.75) is 31.8 Å². The Kier molecular flexibility index (Phi) is 4.55. The molecule has 0 saturated carbocycles. The maximum Gasteiger partial charge on any atom is 0.225 e. The van der Waals surface area contributed by atoms with Crippen LogP contribution in [0.2, 0.25) is 0 Å². The van der Waals surface area contributed by atoms with E-state index in [2.05, 4.69) is 43.0 Å². The molecule has 1 fully saturated rings. The molecule has 0 amide bonds. The first-order valence-corrected chi connectivity index (χ1v) is 8.05. The van der Waals surface area contributed by atoms with Crippen LogP contribution in [0.5, 0.6) is 0 Å². The fraction of sp³-hybridized carbons (Fsp3) is 0.467. The maximum atomic E-state index is 5.60. The van der Waals surface area contributed by atoms with Crippen LogP contribution in [0, 0.1) is 0 Å². The van der Waals surface area contributed by atoms with E-state index in [1.165, 1.54) is 0 Å². The van der Waals surface area contributed by atoms with Gasteiger partial charge in [0.05, 0.1) is 6.04 Å². The Hall–Kier alpha value is -1.40. The summed E-state index contributed by atoms with van der Waals surface area (Å²) in [7, 11) is 0. The summed E-state index contributed by atoms with van der Waals surface area (Å²) in [6.07, 6.45) is 5.77. The van der Waals surface area contributed by atoms with E-state index in [-0.39, 0.29) is 6.04 Å². The smallest absolute Gasteiger partial charge is 0.225 e. The van der Waals surface area contributed by atoms with Gasteiger partial charge in [-0.1, -0.05) is 0 Å². The molecule has 1 N–H and O–H groups in total. The van der Waals surface area contributed by atoms with Gasteiger partial charge in [0.25, 0.3) is 0 Å². The van der Waals surface area contributed by atoms with Gasteiger partial charge >= 0.3 is 0 Å². The van der Waals surface area contributed by atoms with Crippen LogP contribution >= 0.6 is 15.9 Å². The maximum absolute atomic E-state index is 5.60. The molecule has 0 bridgehead atoms. The second-order valence-corrected chi connectivity index (χ2v) is 6.12. The number of nitrogens with zero attached hydrogens (tertiary/aromatic N) is 3. The zero-order valence-electron chi connectivity index (χ0n) is 12.0. The van der Waals surface area contributed by atoms with Gasteiger partial charge in [0, 0.05) is 31.5 Å². The summed E-state index contributed by atoms with van der Waals surface area (Å²) in [4.78, 5) is 10.9. The zero-order chi connectivity index (χ0) is 14.7. The third-order valence-corrected chi connectivity index (χ3v) is 4.26. The molecule has 1 saturated heterocycles. The van der Waals surface area contributed by atoms with Crippen LogP contribution in [0.1, 0.15) is 31.6 Å². The Morgan fingerprint density at radius 1 is 1.29 bits per heavy atom. The van der Waals surface area contributed by atoms with Crippen molar-refractivity contribution in [2.24, 2.45) is 0 Å². The molecule has 1 atom stereocenters. The van der Waals surface area contributed by atoms with Crippen LogP contribution in [0.4, 0.5) is 5.95 Å². The van der Waals surface area contributed by atoms with Crippen molar-refractivity contribution in [1.82, 2.24) is 15.3 Å². The molecule has 112 valence electrons. The fourth-order valence-corrected chi connectivity index (χ4v) is 3.02. The number of furan rings is 1. The van der Waals surface area contributed by atoms with Crippen molar-refractivity contribution in [2.75, 3.05) is 18.0 Å². The van der Waals surface area contributed by atoms with Crippen molar-refractivity contribution in [3.05, 3.63) is 41.0 Å². The Morgan fingerprint density at radius 3 is 2.62 bits per heavy atom. The highest BCUT2D eigenvalue weighted by Crippen LogP contribution is 2.22. The predicted octanol–water partition coefficient (Wildman–Crippen LogP) is 3.15. The lowest BCUT2D eigenvalue weighted by Gasteiger charge is -2.33. The molecule has 0 aromatic carbocycles. The normalized spacial score (nSPS) is 17.9. The van der Waals surface area contributed by atoms with E-state index < -0.39 is 0 Å². The SMILES string of the molecule is CC(NC1CCN(c2ncccn2)CC1)c1ccc(Br)o1. The molecular formula is C15H19BrN4O. The van der Waals surface area contributed by atoms with Gasteiger partial charge in [0.1, 0.15) is 5.76 Å². The van der Waals surface area contributed by atoms with Gasteiger partial charge in [0.15, 0.2) is 4.67 Å². The summed E-state index contributed by atoms with van der Waals surface area (Å²) in [5.41, 5.74) is 0. The lowest BCUT2D eigenvalue weighted by atomic mass is 10.0. The van der Waals surface area contributed by atoms with Crippen molar-refractivity contribution < 1.29 is 4.42 Å². The van der Waals surface area contributed by atoms with Crippen LogP contribution in [-0.2, 0) is 0 Å².